The van der Waals surface area contributed by atoms with E-state index in [4.69, 9.17) is 14.6 Å². The topological polar surface area (TPSA) is 84.9 Å². The van der Waals surface area contributed by atoms with Gasteiger partial charge in [-0.2, -0.15) is 0 Å². The maximum absolute atomic E-state index is 11.2. The predicted octanol–water partition coefficient (Wildman–Crippen LogP) is 1.58. The molecule has 20 heavy (non-hydrogen) atoms. The van der Waals surface area contributed by atoms with E-state index in [2.05, 4.69) is 12.2 Å². The van der Waals surface area contributed by atoms with Crippen LogP contribution in [0.5, 0.6) is 0 Å². The minimum Gasteiger partial charge on any atom is -0.481 e. The molecule has 0 aliphatic carbocycles. The number of carbonyl (C=O) groups excluding carboxylic acids is 1. The average molecular weight is 289 g/mol. The normalized spacial score (nSPS) is 12.1. The van der Waals surface area contributed by atoms with Crippen LogP contribution in [-0.4, -0.2) is 49.5 Å². The van der Waals surface area contributed by atoms with Crippen molar-refractivity contribution in [2.75, 3.05) is 26.4 Å². The fourth-order valence-corrected chi connectivity index (χ4v) is 1.47. The first-order valence-electron chi connectivity index (χ1n) is 7.24. The number of hydrogen-bond acceptors (Lipinski definition) is 4. The Balaban J connectivity index is 3.34. The van der Waals surface area contributed by atoms with Crippen LogP contribution in [0.2, 0.25) is 0 Å². The van der Waals surface area contributed by atoms with E-state index in [-0.39, 0.29) is 24.9 Å². The fourth-order valence-electron chi connectivity index (χ4n) is 1.47. The highest BCUT2D eigenvalue weighted by Crippen LogP contribution is 1.99. The molecule has 1 atom stereocenters. The minimum atomic E-state index is -0.956. The lowest BCUT2D eigenvalue weighted by molar-refractivity contribution is -0.138. The molecule has 0 bridgehead atoms. The van der Waals surface area contributed by atoms with Crippen LogP contribution in [0.1, 0.15) is 46.0 Å². The molecule has 0 rings (SSSR count). The van der Waals surface area contributed by atoms with Crippen molar-refractivity contribution in [2.45, 2.75) is 52.1 Å². The van der Waals surface area contributed by atoms with Crippen LogP contribution in [0, 0.1) is 0 Å². The standard InChI is InChI=1S/C14H27NO5/c1-3-9-19-11-7-12(2)20-10-4-8-15-13(16)5-6-14(17)18/h12H,3-11H2,1-2H3,(H,15,16)(H,17,18). The first kappa shape index (κ1) is 18.9. The van der Waals surface area contributed by atoms with Gasteiger partial charge in [0.05, 0.1) is 12.5 Å². The molecule has 0 saturated carbocycles. The van der Waals surface area contributed by atoms with E-state index in [0.29, 0.717) is 19.8 Å². The third-order valence-electron chi connectivity index (χ3n) is 2.63. The molecule has 1 amide bonds. The number of carboxylic acid groups (broad SMARTS) is 1. The quantitative estimate of drug-likeness (QED) is 0.503. The van der Waals surface area contributed by atoms with E-state index in [1.54, 1.807) is 0 Å². The first-order valence-corrected chi connectivity index (χ1v) is 7.24. The maximum atomic E-state index is 11.2. The second-order valence-corrected chi connectivity index (χ2v) is 4.68. The summed E-state index contributed by atoms with van der Waals surface area (Å²) in [5.41, 5.74) is 0. The molecule has 0 aliphatic heterocycles. The molecular weight excluding hydrogens is 262 g/mol. The zero-order valence-corrected chi connectivity index (χ0v) is 12.5. The molecular formula is C14H27NO5. The molecule has 6 heteroatoms. The van der Waals surface area contributed by atoms with Crippen molar-refractivity contribution in [2.24, 2.45) is 0 Å². The van der Waals surface area contributed by atoms with Gasteiger partial charge >= 0.3 is 5.97 Å². The lowest BCUT2D eigenvalue weighted by Gasteiger charge is -2.13. The van der Waals surface area contributed by atoms with Crippen LogP contribution in [0.15, 0.2) is 0 Å². The lowest BCUT2D eigenvalue weighted by atomic mass is 10.3. The predicted molar refractivity (Wildman–Crippen MR) is 75.6 cm³/mol. The number of aliphatic carboxylic acids is 1. The summed E-state index contributed by atoms with van der Waals surface area (Å²) < 4.78 is 11.0. The number of nitrogens with one attached hydrogen (secondary N) is 1. The fraction of sp³-hybridized carbons (Fsp3) is 0.857. The van der Waals surface area contributed by atoms with Gasteiger partial charge in [-0.3, -0.25) is 9.59 Å². The molecule has 0 saturated heterocycles. The number of rotatable bonds is 13. The number of amides is 1. The summed E-state index contributed by atoms with van der Waals surface area (Å²) in [7, 11) is 0. The van der Waals surface area contributed by atoms with Gasteiger partial charge in [-0.1, -0.05) is 6.92 Å². The van der Waals surface area contributed by atoms with Crippen molar-refractivity contribution in [1.82, 2.24) is 5.32 Å². The SMILES string of the molecule is CCCOCCC(C)OCCCNC(=O)CCC(=O)O. The summed E-state index contributed by atoms with van der Waals surface area (Å²) in [6.45, 7) is 6.66. The van der Waals surface area contributed by atoms with Crippen LogP contribution < -0.4 is 5.32 Å². The van der Waals surface area contributed by atoms with E-state index < -0.39 is 5.97 Å². The molecule has 0 heterocycles. The monoisotopic (exact) mass is 289 g/mol. The Kier molecular flexibility index (Phi) is 12.1. The largest absolute Gasteiger partial charge is 0.481 e. The molecule has 0 aliphatic rings. The van der Waals surface area contributed by atoms with Gasteiger partial charge in [0, 0.05) is 32.8 Å². The van der Waals surface area contributed by atoms with E-state index in [0.717, 1.165) is 25.9 Å². The highest BCUT2D eigenvalue weighted by Gasteiger charge is 2.05. The van der Waals surface area contributed by atoms with Gasteiger partial charge in [0.25, 0.3) is 0 Å². The lowest BCUT2D eigenvalue weighted by Crippen LogP contribution is -2.26. The molecule has 0 spiro atoms. The molecule has 0 aromatic rings. The second-order valence-electron chi connectivity index (χ2n) is 4.68. The maximum Gasteiger partial charge on any atom is 0.303 e. The highest BCUT2D eigenvalue weighted by molar-refractivity contribution is 5.80. The molecule has 0 aromatic heterocycles. The van der Waals surface area contributed by atoms with E-state index in [1.807, 2.05) is 6.92 Å². The van der Waals surface area contributed by atoms with Crippen molar-refractivity contribution in [3.8, 4) is 0 Å². The van der Waals surface area contributed by atoms with E-state index in [1.165, 1.54) is 0 Å². The van der Waals surface area contributed by atoms with Crippen molar-refractivity contribution in [1.29, 1.82) is 0 Å². The zero-order valence-electron chi connectivity index (χ0n) is 12.5. The molecule has 118 valence electrons. The third kappa shape index (κ3) is 13.3. The van der Waals surface area contributed by atoms with Crippen molar-refractivity contribution in [3.63, 3.8) is 0 Å². The molecule has 6 nitrogen and oxygen atoms in total. The summed E-state index contributed by atoms with van der Waals surface area (Å²) in [5, 5.41) is 11.1. The number of hydrogen-bond donors (Lipinski definition) is 2. The van der Waals surface area contributed by atoms with Gasteiger partial charge in [0.2, 0.25) is 5.91 Å². The third-order valence-corrected chi connectivity index (χ3v) is 2.63. The summed E-state index contributed by atoms with van der Waals surface area (Å²) in [6, 6.07) is 0. The van der Waals surface area contributed by atoms with E-state index >= 15 is 0 Å². The molecule has 2 N–H and O–H groups in total. The van der Waals surface area contributed by atoms with Crippen molar-refractivity contribution >= 4 is 11.9 Å². The van der Waals surface area contributed by atoms with Crippen LogP contribution in [0.3, 0.4) is 0 Å². The molecule has 1 unspecified atom stereocenters. The van der Waals surface area contributed by atoms with Gasteiger partial charge in [-0.15, -0.1) is 0 Å². The Morgan fingerprint density at radius 2 is 1.95 bits per heavy atom. The first-order chi connectivity index (χ1) is 9.56. The Labute approximate surface area is 120 Å². The van der Waals surface area contributed by atoms with Crippen LogP contribution in [-0.2, 0) is 19.1 Å². The summed E-state index contributed by atoms with van der Waals surface area (Å²) >= 11 is 0. The molecule has 0 fully saturated rings. The van der Waals surface area contributed by atoms with E-state index in [9.17, 15) is 9.59 Å². The number of ether oxygens (including phenoxy) is 2. The summed E-state index contributed by atoms with van der Waals surface area (Å²) in [6.07, 6.45) is 2.66. The average Bonchev–Trinajstić information content (AvgIpc) is 2.41. The summed E-state index contributed by atoms with van der Waals surface area (Å²) in [5.74, 6) is -1.18. The Morgan fingerprint density at radius 3 is 2.60 bits per heavy atom. The minimum absolute atomic E-state index is 0.0291. The highest BCUT2D eigenvalue weighted by atomic mass is 16.5. The summed E-state index contributed by atoms with van der Waals surface area (Å²) in [4.78, 5) is 21.5. The molecule has 0 radical (unpaired) electrons. The Bertz CT molecular complexity index is 270. The smallest absolute Gasteiger partial charge is 0.303 e. The van der Waals surface area contributed by atoms with Crippen LogP contribution in [0.4, 0.5) is 0 Å². The second kappa shape index (κ2) is 12.9. The van der Waals surface area contributed by atoms with Crippen molar-refractivity contribution in [3.05, 3.63) is 0 Å². The number of carboxylic acids is 1. The van der Waals surface area contributed by atoms with Gasteiger partial charge in [0.15, 0.2) is 0 Å². The zero-order chi connectivity index (χ0) is 15.2. The van der Waals surface area contributed by atoms with Crippen molar-refractivity contribution < 1.29 is 24.2 Å². The van der Waals surface area contributed by atoms with Gasteiger partial charge in [-0.05, 0) is 26.2 Å². The Hall–Kier alpha value is -1.14. The molecule has 0 aromatic carbocycles. The van der Waals surface area contributed by atoms with Gasteiger partial charge in [0.1, 0.15) is 0 Å². The van der Waals surface area contributed by atoms with Crippen LogP contribution >= 0.6 is 0 Å². The number of carbonyl (C=O) groups is 2. The van der Waals surface area contributed by atoms with Gasteiger partial charge < -0.3 is 19.9 Å². The van der Waals surface area contributed by atoms with Crippen LogP contribution in [0.25, 0.3) is 0 Å². The Morgan fingerprint density at radius 1 is 1.20 bits per heavy atom. The van der Waals surface area contributed by atoms with Gasteiger partial charge in [-0.25, -0.2) is 0 Å².